The van der Waals surface area contributed by atoms with Crippen LogP contribution < -0.4 is 5.32 Å². The van der Waals surface area contributed by atoms with Crippen LogP contribution in [-0.4, -0.2) is 25.5 Å². The van der Waals surface area contributed by atoms with E-state index in [1.165, 1.54) is 0 Å². The highest BCUT2D eigenvalue weighted by molar-refractivity contribution is 5.95. The molecule has 0 aliphatic carbocycles. The average Bonchev–Trinajstić information content (AvgIpc) is 3.02. The third-order valence-electron chi connectivity index (χ3n) is 3.80. The van der Waals surface area contributed by atoms with Gasteiger partial charge in [0.1, 0.15) is 6.42 Å². The fourth-order valence-corrected chi connectivity index (χ4v) is 2.68. The number of carbonyl (C=O) groups excluding carboxylic acids is 1. The Morgan fingerprint density at radius 1 is 1.20 bits per heavy atom. The highest BCUT2D eigenvalue weighted by Gasteiger charge is 2.10. The topological polar surface area (TPSA) is 96.0 Å². The van der Waals surface area contributed by atoms with Crippen LogP contribution in [0.5, 0.6) is 0 Å². The molecular weight excluding hydrogens is 316 g/mol. The van der Waals surface area contributed by atoms with Gasteiger partial charge in [0.25, 0.3) is 0 Å². The Hall–Kier alpha value is -3.79. The van der Waals surface area contributed by atoms with E-state index in [-0.39, 0.29) is 12.4 Å². The summed E-state index contributed by atoms with van der Waals surface area (Å²) in [7, 11) is 0. The highest BCUT2D eigenvalue weighted by Crippen LogP contribution is 2.27. The lowest BCUT2D eigenvalue weighted by Gasteiger charge is -2.06. The number of aromatic nitrogens is 4. The Bertz CT molecular complexity index is 1140. The molecule has 0 radical (unpaired) electrons. The molecule has 3 aromatic heterocycles. The van der Waals surface area contributed by atoms with Crippen LogP contribution in [-0.2, 0) is 4.79 Å². The number of rotatable bonds is 3. The number of nitrogens with zero attached hydrogens (tertiary/aromatic N) is 5. The van der Waals surface area contributed by atoms with Crippen molar-refractivity contribution in [2.45, 2.75) is 6.42 Å². The van der Waals surface area contributed by atoms with Gasteiger partial charge in [0.2, 0.25) is 11.9 Å². The summed E-state index contributed by atoms with van der Waals surface area (Å²) in [5.41, 5.74) is 2.53. The van der Waals surface area contributed by atoms with Gasteiger partial charge in [-0.2, -0.15) is 10.2 Å². The molecule has 0 aliphatic rings. The van der Waals surface area contributed by atoms with Crippen molar-refractivity contribution < 1.29 is 4.79 Å². The minimum Gasteiger partial charge on any atom is -0.292 e. The molecule has 1 N–H and O–H groups in total. The van der Waals surface area contributed by atoms with Crippen LogP contribution in [0.25, 0.3) is 27.5 Å². The van der Waals surface area contributed by atoms with Gasteiger partial charge in [-0.3, -0.25) is 15.1 Å². The van der Waals surface area contributed by atoms with Gasteiger partial charge >= 0.3 is 0 Å². The smallest absolute Gasteiger partial charge is 0.249 e. The van der Waals surface area contributed by atoms with Gasteiger partial charge in [-0.1, -0.05) is 24.3 Å². The van der Waals surface area contributed by atoms with Crippen molar-refractivity contribution in [3.05, 3.63) is 55.0 Å². The molecule has 0 aliphatic heterocycles. The monoisotopic (exact) mass is 328 g/mol. The molecule has 4 aromatic rings. The molecule has 0 saturated heterocycles. The second-order valence-corrected chi connectivity index (χ2v) is 5.45. The van der Waals surface area contributed by atoms with Crippen molar-refractivity contribution in [1.82, 2.24) is 19.6 Å². The lowest BCUT2D eigenvalue weighted by atomic mass is 10.0. The quantitative estimate of drug-likeness (QED) is 0.624. The van der Waals surface area contributed by atoms with Crippen LogP contribution in [0.1, 0.15) is 6.42 Å². The zero-order chi connectivity index (χ0) is 17.2. The molecule has 0 bridgehead atoms. The Labute approximate surface area is 142 Å². The first-order valence-corrected chi connectivity index (χ1v) is 7.61. The van der Waals surface area contributed by atoms with E-state index < -0.39 is 5.91 Å². The van der Waals surface area contributed by atoms with E-state index >= 15 is 0 Å². The highest BCUT2D eigenvalue weighted by atomic mass is 16.1. The average molecular weight is 328 g/mol. The lowest BCUT2D eigenvalue weighted by molar-refractivity contribution is -0.115. The maximum absolute atomic E-state index is 11.5. The molecule has 1 amide bonds. The molecule has 120 valence electrons. The Morgan fingerprint density at radius 3 is 2.96 bits per heavy atom. The molecule has 3 heterocycles. The number of nitriles is 1. The normalized spacial score (nSPS) is 10.7. The molecule has 0 atom stereocenters. The minimum atomic E-state index is -0.433. The van der Waals surface area contributed by atoms with E-state index in [0.29, 0.717) is 5.65 Å². The van der Waals surface area contributed by atoms with Crippen LogP contribution in [0.2, 0.25) is 0 Å². The van der Waals surface area contributed by atoms with Gasteiger partial charge in [-0.15, -0.1) is 5.10 Å². The fourth-order valence-electron chi connectivity index (χ4n) is 2.68. The molecule has 1 aromatic carbocycles. The van der Waals surface area contributed by atoms with Gasteiger partial charge in [-0.05, 0) is 17.5 Å². The summed E-state index contributed by atoms with van der Waals surface area (Å²) in [5.74, 6) is -0.259. The molecule has 0 saturated carbocycles. The molecule has 7 heteroatoms. The molecule has 0 unspecified atom stereocenters. The summed E-state index contributed by atoms with van der Waals surface area (Å²) in [4.78, 5) is 20.0. The third-order valence-corrected chi connectivity index (χ3v) is 3.80. The molecule has 25 heavy (non-hydrogen) atoms. The van der Waals surface area contributed by atoms with Crippen LogP contribution in [0, 0.1) is 11.3 Å². The zero-order valence-corrected chi connectivity index (χ0v) is 13.0. The fraction of sp³-hybridized carbons (Fsp3) is 0.0556. The number of fused-ring (bicyclic) bond motifs is 2. The van der Waals surface area contributed by atoms with E-state index in [1.807, 2.05) is 55.0 Å². The summed E-state index contributed by atoms with van der Waals surface area (Å²) in [6.07, 6.45) is 5.25. The maximum atomic E-state index is 11.5. The van der Waals surface area contributed by atoms with E-state index in [0.717, 1.165) is 21.9 Å². The Morgan fingerprint density at radius 2 is 2.08 bits per heavy atom. The van der Waals surface area contributed by atoms with E-state index in [2.05, 4.69) is 20.4 Å². The lowest BCUT2D eigenvalue weighted by Crippen LogP contribution is -2.11. The van der Waals surface area contributed by atoms with Gasteiger partial charge in [0.05, 0.1) is 6.07 Å². The number of nitrogens with one attached hydrogen (secondary N) is 1. The first-order chi connectivity index (χ1) is 12.2. The largest absolute Gasteiger partial charge is 0.292 e. The SMILES string of the molecule is N#CCC(=O)Nc1nc2ccc(-c3cncc4ccccc34)cn2n1. The van der Waals surface area contributed by atoms with Gasteiger partial charge in [0.15, 0.2) is 5.65 Å². The molecule has 0 fully saturated rings. The van der Waals surface area contributed by atoms with Gasteiger partial charge in [-0.25, -0.2) is 4.52 Å². The Balaban J connectivity index is 1.76. The summed E-state index contributed by atoms with van der Waals surface area (Å²) in [6, 6.07) is 13.6. The van der Waals surface area contributed by atoms with Crippen molar-refractivity contribution in [2.24, 2.45) is 0 Å². The Kier molecular flexibility index (Phi) is 3.56. The number of hydrogen-bond donors (Lipinski definition) is 1. The molecule has 0 spiro atoms. The van der Waals surface area contributed by atoms with Crippen molar-refractivity contribution in [3.63, 3.8) is 0 Å². The summed E-state index contributed by atoms with van der Waals surface area (Å²) in [5, 5.41) is 17.4. The summed E-state index contributed by atoms with van der Waals surface area (Å²) >= 11 is 0. The first kappa shape index (κ1) is 14.8. The van der Waals surface area contributed by atoms with Crippen LogP contribution in [0.4, 0.5) is 5.95 Å². The van der Waals surface area contributed by atoms with Crippen molar-refractivity contribution in [2.75, 3.05) is 5.32 Å². The second kappa shape index (κ2) is 6.02. The number of amides is 1. The maximum Gasteiger partial charge on any atom is 0.249 e. The van der Waals surface area contributed by atoms with Crippen molar-refractivity contribution in [3.8, 4) is 17.2 Å². The van der Waals surface area contributed by atoms with E-state index in [1.54, 1.807) is 10.6 Å². The minimum absolute atomic E-state index is 0.174. The van der Waals surface area contributed by atoms with E-state index in [9.17, 15) is 4.79 Å². The summed E-state index contributed by atoms with van der Waals surface area (Å²) < 4.78 is 1.60. The second-order valence-electron chi connectivity index (χ2n) is 5.45. The van der Waals surface area contributed by atoms with Gasteiger partial charge in [0, 0.05) is 35.1 Å². The number of benzene rings is 1. The number of carbonyl (C=O) groups is 1. The number of pyridine rings is 2. The molecule has 7 nitrogen and oxygen atoms in total. The van der Waals surface area contributed by atoms with Crippen LogP contribution in [0.15, 0.2) is 55.0 Å². The third kappa shape index (κ3) is 2.77. The van der Waals surface area contributed by atoms with Crippen molar-refractivity contribution in [1.29, 1.82) is 5.26 Å². The number of anilines is 1. The van der Waals surface area contributed by atoms with Crippen LogP contribution >= 0.6 is 0 Å². The molecular formula is C18H12N6O. The van der Waals surface area contributed by atoms with Crippen molar-refractivity contribution >= 4 is 28.3 Å². The van der Waals surface area contributed by atoms with E-state index in [4.69, 9.17) is 5.26 Å². The first-order valence-electron chi connectivity index (χ1n) is 7.61. The van der Waals surface area contributed by atoms with Crippen LogP contribution in [0.3, 0.4) is 0 Å². The zero-order valence-electron chi connectivity index (χ0n) is 13.0. The standard InChI is InChI=1S/C18H12N6O/c19-8-7-17(25)22-18-21-16-6-5-13(11-24(16)23-18)15-10-20-9-12-3-1-2-4-14(12)15/h1-6,9-11H,7H2,(H,22,23,25). The van der Waals surface area contributed by atoms with Gasteiger partial charge < -0.3 is 0 Å². The number of hydrogen-bond acceptors (Lipinski definition) is 5. The predicted octanol–water partition coefficient (Wildman–Crippen LogP) is 2.80. The summed E-state index contributed by atoms with van der Waals surface area (Å²) in [6.45, 7) is 0. The molecule has 4 rings (SSSR count). The predicted molar refractivity (Wildman–Crippen MR) is 92.6 cm³/mol.